The standard InChI is InChI=1S/C6H9NS.2CH4/c1-4-5(2)8-6(3)7-4;;/h1-3H3;2*1H4. The van der Waals surface area contributed by atoms with Gasteiger partial charge in [-0.25, -0.2) is 4.98 Å². The number of rotatable bonds is 0. The number of thiazole rings is 1. The van der Waals surface area contributed by atoms with Crippen LogP contribution in [0.1, 0.15) is 30.4 Å². The van der Waals surface area contributed by atoms with E-state index in [1.165, 1.54) is 15.6 Å². The summed E-state index contributed by atoms with van der Waals surface area (Å²) in [5.74, 6) is 0. The molecule has 60 valence electrons. The normalized spacial score (nSPS) is 7.90. The third-order valence-electron chi connectivity index (χ3n) is 1.14. The first-order valence-corrected chi connectivity index (χ1v) is 3.42. The van der Waals surface area contributed by atoms with E-state index in [0.29, 0.717) is 0 Å². The Morgan fingerprint density at radius 3 is 1.70 bits per heavy atom. The first-order chi connectivity index (χ1) is 3.70. The van der Waals surface area contributed by atoms with Crippen LogP contribution >= 0.6 is 11.3 Å². The van der Waals surface area contributed by atoms with Crippen LogP contribution in [0, 0.1) is 20.8 Å². The van der Waals surface area contributed by atoms with E-state index in [-0.39, 0.29) is 14.9 Å². The highest BCUT2D eigenvalue weighted by atomic mass is 32.1. The summed E-state index contributed by atoms with van der Waals surface area (Å²) in [5.41, 5.74) is 1.17. The van der Waals surface area contributed by atoms with E-state index in [9.17, 15) is 0 Å². The summed E-state index contributed by atoms with van der Waals surface area (Å²) in [5, 5.41) is 1.17. The molecule has 1 aromatic heterocycles. The van der Waals surface area contributed by atoms with Crippen LogP contribution in [0.2, 0.25) is 0 Å². The lowest BCUT2D eigenvalue weighted by molar-refractivity contribution is 1.18. The van der Waals surface area contributed by atoms with E-state index in [0.717, 1.165) is 0 Å². The van der Waals surface area contributed by atoms with E-state index < -0.39 is 0 Å². The lowest BCUT2D eigenvalue weighted by Gasteiger charge is -1.77. The molecular formula is C8H17NS. The summed E-state index contributed by atoms with van der Waals surface area (Å²) in [6.07, 6.45) is 0. The van der Waals surface area contributed by atoms with Crippen molar-refractivity contribution in [2.24, 2.45) is 0 Å². The molecule has 0 amide bonds. The topological polar surface area (TPSA) is 12.9 Å². The fourth-order valence-corrected chi connectivity index (χ4v) is 1.45. The maximum atomic E-state index is 4.23. The minimum Gasteiger partial charge on any atom is -0.247 e. The molecule has 0 saturated heterocycles. The molecule has 0 unspecified atom stereocenters. The zero-order valence-electron chi connectivity index (χ0n) is 5.36. The first-order valence-electron chi connectivity index (χ1n) is 2.61. The van der Waals surface area contributed by atoms with Gasteiger partial charge in [0, 0.05) is 4.88 Å². The van der Waals surface area contributed by atoms with Gasteiger partial charge in [0.15, 0.2) is 0 Å². The quantitative estimate of drug-likeness (QED) is 0.566. The van der Waals surface area contributed by atoms with Crippen molar-refractivity contribution in [3.63, 3.8) is 0 Å². The van der Waals surface area contributed by atoms with Crippen molar-refractivity contribution in [2.45, 2.75) is 35.6 Å². The van der Waals surface area contributed by atoms with Gasteiger partial charge in [-0.1, -0.05) is 14.9 Å². The third-order valence-corrected chi connectivity index (χ3v) is 2.12. The maximum absolute atomic E-state index is 4.23. The van der Waals surface area contributed by atoms with Gasteiger partial charge in [0.05, 0.1) is 10.7 Å². The highest BCUT2D eigenvalue weighted by Crippen LogP contribution is 2.14. The van der Waals surface area contributed by atoms with Crippen molar-refractivity contribution in [3.05, 3.63) is 15.6 Å². The molecule has 0 atom stereocenters. The molecule has 0 fully saturated rings. The van der Waals surface area contributed by atoms with Gasteiger partial charge in [-0.15, -0.1) is 11.3 Å². The fraction of sp³-hybridized carbons (Fsp3) is 0.625. The van der Waals surface area contributed by atoms with Gasteiger partial charge < -0.3 is 0 Å². The van der Waals surface area contributed by atoms with E-state index in [1.54, 1.807) is 11.3 Å². The molecule has 0 aliphatic heterocycles. The van der Waals surface area contributed by atoms with Crippen molar-refractivity contribution in [1.82, 2.24) is 4.98 Å². The summed E-state index contributed by atoms with van der Waals surface area (Å²) in [6.45, 7) is 6.17. The Morgan fingerprint density at radius 1 is 1.10 bits per heavy atom. The third kappa shape index (κ3) is 2.48. The number of hydrogen-bond acceptors (Lipinski definition) is 2. The summed E-state index contributed by atoms with van der Waals surface area (Å²) >= 11 is 1.76. The second-order valence-electron chi connectivity index (χ2n) is 1.87. The monoisotopic (exact) mass is 159 g/mol. The van der Waals surface area contributed by atoms with E-state index >= 15 is 0 Å². The van der Waals surface area contributed by atoms with E-state index in [2.05, 4.69) is 11.9 Å². The van der Waals surface area contributed by atoms with Gasteiger partial charge in [0.25, 0.3) is 0 Å². The molecule has 0 N–H and O–H groups in total. The molecule has 0 aliphatic rings. The summed E-state index contributed by atoms with van der Waals surface area (Å²) < 4.78 is 0. The van der Waals surface area contributed by atoms with E-state index in [1.807, 2.05) is 13.8 Å². The predicted octanol–water partition coefficient (Wildman–Crippen LogP) is 3.34. The Labute approximate surface area is 68.1 Å². The molecule has 1 rings (SSSR count). The average Bonchev–Trinajstić information content (AvgIpc) is 1.85. The Hall–Kier alpha value is -0.370. The van der Waals surface area contributed by atoms with Crippen LogP contribution in [0.15, 0.2) is 0 Å². The zero-order valence-corrected chi connectivity index (χ0v) is 6.17. The molecule has 0 aromatic carbocycles. The number of nitrogens with zero attached hydrogens (tertiary/aromatic N) is 1. The second-order valence-corrected chi connectivity index (χ2v) is 3.28. The van der Waals surface area contributed by atoms with Gasteiger partial charge in [0.1, 0.15) is 0 Å². The molecule has 0 saturated carbocycles. The molecule has 1 nitrogen and oxygen atoms in total. The van der Waals surface area contributed by atoms with Crippen molar-refractivity contribution in [3.8, 4) is 0 Å². The van der Waals surface area contributed by atoms with Gasteiger partial charge in [0.2, 0.25) is 0 Å². The van der Waals surface area contributed by atoms with Gasteiger partial charge in [-0.2, -0.15) is 0 Å². The summed E-state index contributed by atoms with van der Waals surface area (Å²) in [7, 11) is 0. The van der Waals surface area contributed by atoms with Gasteiger partial charge in [-0.3, -0.25) is 0 Å². The Bertz CT molecular complexity index is 172. The molecule has 0 radical (unpaired) electrons. The highest BCUT2D eigenvalue weighted by Gasteiger charge is 1.95. The van der Waals surface area contributed by atoms with Crippen molar-refractivity contribution < 1.29 is 0 Å². The lowest BCUT2D eigenvalue weighted by atomic mass is 10.4. The minimum absolute atomic E-state index is 0. The van der Waals surface area contributed by atoms with Crippen LogP contribution in [0.3, 0.4) is 0 Å². The van der Waals surface area contributed by atoms with Crippen molar-refractivity contribution >= 4 is 11.3 Å². The van der Waals surface area contributed by atoms with Gasteiger partial charge >= 0.3 is 0 Å². The molecule has 0 aliphatic carbocycles. The van der Waals surface area contributed by atoms with Crippen LogP contribution in [0.25, 0.3) is 0 Å². The zero-order chi connectivity index (χ0) is 6.15. The summed E-state index contributed by atoms with van der Waals surface area (Å²) in [6, 6.07) is 0. The molecule has 1 heterocycles. The molecule has 0 bridgehead atoms. The lowest BCUT2D eigenvalue weighted by Crippen LogP contribution is -1.71. The molecular weight excluding hydrogens is 142 g/mol. The number of aryl methyl sites for hydroxylation is 3. The van der Waals surface area contributed by atoms with E-state index in [4.69, 9.17) is 0 Å². The minimum atomic E-state index is 0. The first kappa shape index (κ1) is 12.3. The SMILES string of the molecule is C.C.Cc1nc(C)c(C)s1. The average molecular weight is 159 g/mol. The molecule has 10 heavy (non-hydrogen) atoms. The van der Waals surface area contributed by atoms with Crippen LogP contribution in [-0.2, 0) is 0 Å². The Kier molecular flexibility index (Phi) is 5.48. The van der Waals surface area contributed by atoms with Crippen molar-refractivity contribution in [1.29, 1.82) is 0 Å². The largest absolute Gasteiger partial charge is 0.247 e. The van der Waals surface area contributed by atoms with Crippen molar-refractivity contribution in [2.75, 3.05) is 0 Å². The van der Waals surface area contributed by atoms with Gasteiger partial charge in [-0.05, 0) is 20.8 Å². The Balaban J connectivity index is 0. The molecule has 1 aromatic rings. The molecule has 0 spiro atoms. The molecule has 2 heteroatoms. The van der Waals surface area contributed by atoms with Crippen LogP contribution in [0.4, 0.5) is 0 Å². The summed E-state index contributed by atoms with van der Waals surface area (Å²) in [4.78, 5) is 5.56. The Morgan fingerprint density at radius 2 is 1.60 bits per heavy atom. The predicted molar refractivity (Wildman–Crippen MR) is 49.8 cm³/mol. The number of aromatic nitrogens is 1. The van der Waals surface area contributed by atoms with Crippen LogP contribution < -0.4 is 0 Å². The van der Waals surface area contributed by atoms with Crippen LogP contribution in [0.5, 0.6) is 0 Å². The van der Waals surface area contributed by atoms with Crippen LogP contribution in [-0.4, -0.2) is 4.98 Å². The highest BCUT2D eigenvalue weighted by molar-refractivity contribution is 7.11. The fourth-order valence-electron chi connectivity index (χ4n) is 0.633. The number of hydrogen-bond donors (Lipinski definition) is 0. The smallest absolute Gasteiger partial charge is 0.0899 e. The second kappa shape index (κ2) is 4.45. The maximum Gasteiger partial charge on any atom is 0.0899 e.